The Hall–Kier alpha value is -3.08. The number of amides is 1. The van der Waals surface area contributed by atoms with E-state index in [0.29, 0.717) is 12.1 Å². The Morgan fingerprint density at radius 2 is 1.67 bits per heavy atom. The first-order chi connectivity index (χ1) is 12.9. The SMILES string of the molecule is CC(C)(C)N(Cc1ccccc1)C(=O)COC(=O)c1c[nH]c2ccccc12. The van der Waals surface area contributed by atoms with Gasteiger partial charge in [0.25, 0.3) is 5.91 Å². The van der Waals surface area contributed by atoms with Crippen LogP contribution in [-0.4, -0.2) is 33.9 Å². The smallest absolute Gasteiger partial charge is 0.340 e. The number of nitrogens with zero attached hydrogens (tertiary/aromatic N) is 1. The second kappa shape index (κ2) is 7.66. The molecule has 0 saturated heterocycles. The maximum absolute atomic E-state index is 12.8. The molecule has 0 radical (unpaired) electrons. The van der Waals surface area contributed by atoms with Crippen LogP contribution in [0.5, 0.6) is 0 Å². The summed E-state index contributed by atoms with van der Waals surface area (Å²) < 4.78 is 5.32. The molecule has 1 N–H and O–H groups in total. The van der Waals surface area contributed by atoms with Gasteiger partial charge >= 0.3 is 5.97 Å². The third-order valence-corrected chi connectivity index (χ3v) is 4.43. The number of hydrogen-bond donors (Lipinski definition) is 1. The summed E-state index contributed by atoms with van der Waals surface area (Å²) in [6.45, 7) is 6.08. The molecule has 0 aliphatic rings. The summed E-state index contributed by atoms with van der Waals surface area (Å²) in [4.78, 5) is 30.0. The molecule has 1 heterocycles. The summed E-state index contributed by atoms with van der Waals surface area (Å²) in [5, 5.41) is 0.784. The Morgan fingerprint density at radius 3 is 2.37 bits per heavy atom. The van der Waals surface area contributed by atoms with Gasteiger partial charge in [0, 0.05) is 29.2 Å². The Bertz CT molecular complexity index is 939. The lowest BCUT2D eigenvalue weighted by molar-refractivity contribution is -0.140. The van der Waals surface area contributed by atoms with Crippen LogP contribution in [0.2, 0.25) is 0 Å². The number of hydrogen-bond acceptors (Lipinski definition) is 3. The highest BCUT2D eigenvalue weighted by atomic mass is 16.5. The minimum atomic E-state index is -0.505. The van der Waals surface area contributed by atoms with E-state index in [1.807, 2.05) is 75.4 Å². The van der Waals surface area contributed by atoms with Gasteiger partial charge < -0.3 is 14.6 Å². The number of benzene rings is 2. The molecule has 0 bridgehead atoms. The average molecular weight is 364 g/mol. The molecule has 2 aromatic carbocycles. The predicted molar refractivity (Wildman–Crippen MR) is 105 cm³/mol. The van der Waals surface area contributed by atoms with Crippen LogP contribution in [0.1, 0.15) is 36.7 Å². The molecule has 0 spiro atoms. The maximum Gasteiger partial charge on any atom is 0.340 e. The van der Waals surface area contributed by atoms with Crippen molar-refractivity contribution in [3.05, 3.63) is 71.9 Å². The topological polar surface area (TPSA) is 62.4 Å². The van der Waals surface area contributed by atoms with Crippen LogP contribution < -0.4 is 0 Å². The third-order valence-electron chi connectivity index (χ3n) is 4.43. The first-order valence-corrected chi connectivity index (χ1v) is 8.94. The number of rotatable bonds is 5. The van der Waals surface area contributed by atoms with Crippen molar-refractivity contribution in [2.75, 3.05) is 6.61 Å². The molecule has 27 heavy (non-hydrogen) atoms. The molecule has 0 aliphatic heterocycles. The van der Waals surface area contributed by atoms with E-state index in [1.54, 1.807) is 11.1 Å². The normalized spacial score (nSPS) is 11.4. The van der Waals surface area contributed by atoms with E-state index in [2.05, 4.69) is 4.98 Å². The molecular formula is C22H24N2O3. The Balaban J connectivity index is 1.69. The highest BCUT2D eigenvalue weighted by Gasteiger charge is 2.27. The second-order valence-electron chi connectivity index (χ2n) is 7.46. The number of carbonyl (C=O) groups is 2. The molecule has 0 saturated carbocycles. The lowest BCUT2D eigenvalue weighted by atomic mass is 10.0. The quantitative estimate of drug-likeness (QED) is 0.692. The fourth-order valence-corrected chi connectivity index (χ4v) is 2.99. The van der Waals surface area contributed by atoms with Crippen LogP contribution in [0, 0.1) is 0 Å². The van der Waals surface area contributed by atoms with Crippen molar-refractivity contribution in [3.8, 4) is 0 Å². The molecule has 0 aliphatic carbocycles. The maximum atomic E-state index is 12.8. The van der Waals surface area contributed by atoms with Crippen LogP contribution in [-0.2, 0) is 16.1 Å². The number of ether oxygens (including phenoxy) is 1. The van der Waals surface area contributed by atoms with Gasteiger partial charge in [0.2, 0.25) is 0 Å². The molecule has 5 nitrogen and oxygen atoms in total. The summed E-state index contributed by atoms with van der Waals surface area (Å²) in [7, 11) is 0. The molecular weight excluding hydrogens is 340 g/mol. The number of aromatic amines is 1. The van der Waals surface area contributed by atoms with Gasteiger partial charge in [0.15, 0.2) is 6.61 Å². The number of esters is 1. The molecule has 3 rings (SSSR count). The van der Waals surface area contributed by atoms with E-state index in [-0.39, 0.29) is 18.1 Å². The number of H-pyrrole nitrogens is 1. The third kappa shape index (κ3) is 4.37. The van der Waals surface area contributed by atoms with Crippen molar-refractivity contribution >= 4 is 22.8 Å². The van der Waals surface area contributed by atoms with Gasteiger partial charge in [-0.15, -0.1) is 0 Å². The van der Waals surface area contributed by atoms with Gasteiger partial charge in [0.1, 0.15) is 0 Å². The van der Waals surface area contributed by atoms with E-state index >= 15 is 0 Å². The van der Waals surface area contributed by atoms with Crippen molar-refractivity contribution in [1.29, 1.82) is 0 Å². The average Bonchev–Trinajstić information content (AvgIpc) is 3.08. The zero-order valence-corrected chi connectivity index (χ0v) is 15.9. The van der Waals surface area contributed by atoms with Crippen LogP contribution in [0.15, 0.2) is 60.8 Å². The first-order valence-electron chi connectivity index (χ1n) is 8.94. The van der Waals surface area contributed by atoms with E-state index in [9.17, 15) is 9.59 Å². The molecule has 3 aromatic rings. The monoisotopic (exact) mass is 364 g/mol. The lowest BCUT2D eigenvalue weighted by Gasteiger charge is -2.35. The molecule has 1 aromatic heterocycles. The lowest BCUT2D eigenvalue weighted by Crippen LogP contribution is -2.46. The van der Waals surface area contributed by atoms with Gasteiger partial charge in [-0.2, -0.15) is 0 Å². The summed E-state index contributed by atoms with van der Waals surface area (Å²) in [5.41, 5.74) is 1.93. The number of para-hydroxylation sites is 1. The zero-order chi connectivity index (χ0) is 19.4. The molecule has 1 amide bonds. The minimum absolute atomic E-state index is 0.223. The van der Waals surface area contributed by atoms with Crippen LogP contribution in [0.25, 0.3) is 10.9 Å². The van der Waals surface area contributed by atoms with Crippen molar-refractivity contribution in [3.63, 3.8) is 0 Å². The molecule has 0 atom stereocenters. The first kappa shape index (κ1) is 18.7. The predicted octanol–water partition coefficient (Wildman–Crippen LogP) is 4.15. The van der Waals surface area contributed by atoms with E-state index in [1.165, 1.54) is 0 Å². The van der Waals surface area contributed by atoms with Gasteiger partial charge in [-0.3, -0.25) is 4.79 Å². The summed E-state index contributed by atoms with van der Waals surface area (Å²) in [5.74, 6) is -0.728. The van der Waals surface area contributed by atoms with Gasteiger partial charge in [-0.25, -0.2) is 4.79 Å². The van der Waals surface area contributed by atoms with Crippen molar-refractivity contribution in [2.24, 2.45) is 0 Å². The highest BCUT2D eigenvalue weighted by molar-refractivity contribution is 6.04. The fraction of sp³-hybridized carbons (Fsp3) is 0.273. The Morgan fingerprint density at radius 1 is 1.00 bits per heavy atom. The summed E-state index contributed by atoms with van der Waals surface area (Å²) in [6.07, 6.45) is 1.61. The van der Waals surface area contributed by atoms with Crippen molar-refractivity contribution in [2.45, 2.75) is 32.9 Å². The number of carbonyl (C=O) groups excluding carboxylic acids is 2. The molecule has 5 heteroatoms. The van der Waals surface area contributed by atoms with Crippen LogP contribution in [0.3, 0.4) is 0 Å². The molecule has 0 unspecified atom stereocenters. The highest BCUT2D eigenvalue weighted by Crippen LogP contribution is 2.20. The van der Waals surface area contributed by atoms with E-state index in [0.717, 1.165) is 16.5 Å². The minimum Gasteiger partial charge on any atom is -0.452 e. The largest absolute Gasteiger partial charge is 0.452 e. The number of nitrogens with one attached hydrogen (secondary N) is 1. The molecule has 140 valence electrons. The Kier molecular flexibility index (Phi) is 5.31. The van der Waals surface area contributed by atoms with Crippen LogP contribution in [0.4, 0.5) is 0 Å². The van der Waals surface area contributed by atoms with Crippen molar-refractivity contribution in [1.82, 2.24) is 9.88 Å². The summed E-state index contributed by atoms with van der Waals surface area (Å²) >= 11 is 0. The molecule has 0 fully saturated rings. The van der Waals surface area contributed by atoms with Crippen LogP contribution >= 0.6 is 0 Å². The summed E-state index contributed by atoms with van der Waals surface area (Å²) in [6, 6.07) is 17.3. The fourth-order valence-electron chi connectivity index (χ4n) is 2.99. The Labute approximate surface area is 158 Å². The number of fused-ring (bicyclic) bond motifs is 1. The van der Waals surface area contributed by atoms with Gasteiger partial charge in [-0.1, -0.05) is 48.5 Å². The second-order valence-corrected chi connectivity index (χ2v) is 7.46. The van der Waals surface area contributed by atoms with Crippen molar-refractivity contribution < 1.29 is 14.3 Å². The number of aromatic nitrogens is 1. The van der Waals surface area contributed by atoms with Gasteiger partial charge in [-0.05, 0) is 32.4 Å². The standard InChI is InChI=1S/C22H24N2O3/c1-22(2,3)24(14-16-9-5-4-6-10-16)20(25)15-27-21(26)18-13-23-19-12-8-7-11-17(18)19/h4-13,23H,14-15H2,1-3H3. The van der Waals surface area contributed by atoms with E-state index < -0.39 is 5.97 Å². The van der Waals surface area contributed by atoms with E-state index in [4.69, 9.17) is 4.74 Å². The zero-order valence-electron chi connectivity index (χ0n) is 15.9. The van der Waals surface area contributed by atoms with Gasteiger partial charge in [0.05, 0.1) is 5.56 Å².